The average Bonchev–Trinajstić information content (AvgIpc) is 2.88. The van der Waals surface area contributed by atoms with Gasteiger partial charge in [-0.15, -0.1) is 0 Å². The monoisotopic (exact) mass is 358 g/mol. The molecule has 1 atom stereocenters. The molecule has 0 saturated carbocycles. The van der Waals surface area contributed by atoms with E-state index >= 15 is 0 Å². The molecule has 0 radical (unpaired) electrons. The number of carbonyl (C=O) groups excluding carboxylic acids is 2. The maximum Gasteiger partial charge on any atom is 0.416 e. The van der Waals surface area contributed by atoms with E-state index in [1.165, 1.54) is 28.9 Å². The molecule has 138 valence electrons. The Bertz CT molecular complexity index is 673. The van der Waals surface area contributed by atoms with Crippen LogP contribution in [0.3, 0.4) is 0 Å². The lowest BCUT2D eigenvalue weighted by Crippen LogP contribution is -2.56. The second-order valence-electron chi connectivity index (χ2n) is 6.70. The molecule has 1 fully saturated rings. The number of aliphatic hydroxyl groups is 1. The molecule has 25 heavy (non-hydrogen) atoms. The van der Waals surface area contributed by atoms with E-state index < -0.39 is 29.2 Å². The summed E-state index contributed by atoms with van der Waals surface area (Å²) in [6.07, 6.45) is -4.21. The third kappa shape index (κ3) is 3.78. The Morgan fingerprint density at radius 2 is 2.00 bits per heavy atom. The van der Waals surface area contributed by atoms with Gasteiger partial charge in [0.15, 0.2) is 0 Å². The van der Waals surface area contributed by atoms with E-state index in [-0.39, 0.29) is 31.2 Å². The predicted octanol–water partition coefficient (Wildman–Crippen LogP) is 2.43. The maximum atomic E-state index is 12.9. The van der Waals surface area contributed by atoms with Crippen LogP contribution in [0.2, 0.25) is 0 Å². The number of halogens is 3. The third-order valence-electron chi connectivity index (χ3n) is 4.35. The van der Waals surface area contributed by atoms with Crippen LogP contribution in [0.5, 0.6) is 0 Å². The van der Waals surface area contributed by atoms with E-state index in [1.807, 2.05) is 0 Å². The lowest BCUT2D eigenvalue weighted by molar-refractivity contribution is -0.144. The van der Waals surface area contributed by atoms with Gasteiger partial charge in [-0.25, -0.2) is 0 Å². The van der Waals surface area contributed by atoms with Crippen LogP contribution in [0.15, 0.2) is 24.3 Å². The van der Waals surface area contributed by atoms with Gasteiger partial charge in [-0.1, -0.05) is 6.07 Å². The highest BCUT2D eigenvalue weighted by atomic mass is 19.4. The Kier molecular flexibility index (Phi) is 5.13. The SMILES string of the molecule is CC(=O)N(C1CCN(c2cccc(C(F)(F)F)c2)C1=O)C(C)(C)CO. The van der Waals surface area contributed by atoms with Crippen LogP contribution in [0.25, 0.3) is 0 Å². The second kappa shape index (κ2) is 6.67. The van der Waals surface area contributed by atoms with Crippen LogP contribution in [0, 0.1) is 0 Å². The Morgan fingerprint density at radius 3 is 2.52 bits per heavy atom. The van der Waals surface area contributed by atoms with Crippen molar-refractivity contribution < 1.29 is 27.9 Å². The fourth-order valence-electron chi connectivity index (χ4n) is 3.15. The number of alkyl halides is 3. The summed E-state index contributed by atoms with van der Waals surface area (Å²) < 4.78 is 38.6. The fraction of sp³-hybridized carbons (Fsp3) is 0.529. The Balaban J connectivity index is 2.32. The molecule has 0 spiro atoms. The second-order valence-corrected chi connectivity index (χ2v) is 6.70. The van der Waals surface area contributed by atoms with Crippen LogP contribution in [-0.2, 0) is 15.8 Å². The van der Waals surface area contributed by atoms with E-state index in [0.29, 0.717) is 0 Å². The molecule has 0 aromatic heterocycles. The molecule has 1 heterocycles. The molecular formula is C17H21F3N2O3. The number of hydrogen-bond donors (Lipinski definition) is 1. The van der Waals surface area contributed by atoms with E-state index in [0.717, 1.165) is 12.1 Å². The highest BCUT2D eigenvalue weighted by Crippen LogP contribution is 2.34. The number of benzene rings is 1. The van der Waals surface area contributed by atoms with Crippen LogP contribution in [-0.4, -0.2) is 46.6 Å². The van der Waals surface area contributed by atoms with Gasteiger partial charge in [0.25, 0.3) is 0 Å². The summed E-state index contributed by atoms with van der Waals surface area (Å²) in [7, 11) is 0. The van der Waals surface area contributed by atoms with Crippen molar-refractivity contribution in [3.05, 3.63) is 29.8 Å². The van der Waals surface area contributed by atoms with Crippen molar-refractivity contribution in [3.8, 4) is 0 Å². The largest absolute Gasteiger partial charge is 0.416 e. The van der Waals surface area contributed by atoms with Gasteiger partial charge in [-0.3, -0.25) is 9.59 Å². The van der Waals surface area contributed by atoms with Crippen LogP contribution in [0.1, 0.15) is 32.8 Å². The molecule has 2 rings (SSSR count). The van der Waals surface area contributed by atoms with Crippen molar-refractivity contribution in [3.63, 3.8) is 0 Å². The van der Waals surface area contributed by atoms with Gasteiger partial charge in [0.2, 0.25) is 11.8 Å². The van der Waals surface area contributed by atoms with E-state index in [1.54, 1.807) is 13.8 Å². The molecule has 1 aromatic carbocycles. The number of rotatable bonds is 4. The topological polar surface area (TPSA) is 60.9 Å². The lowest BCUT2D eigenvalue weighted by Gasteiger charge is -2.40. The normalized spacial score (nSPS) is 18.6. The highest BCUT2D eigenvalue weighted by molar-refractivity contribution is 6.01. The van der Waals surface area contributed by atoms with Crippen molar-refractivity contribution in [2.75, 3.05) is 18.1 Å². The summed E-state index contributed by atoms with van der Waals surface area (Å²) in [5.41, 5.74) is -1.64. The fourth-order valence-corrected chi connectivity index (χ4v) is 3.15. The Hall–Kier alpha value is -2.09. The van der Waals surface area contributed by atoms with Crippen molar-refractivity contribution in [1.29, 1.82) is 0 Å². The maximum absolute atomic E-state index is 12.9. The van der Waals surface area contributed by atoms with Gasteiger partial charge in [-0.05, 0) is 38.5 Å². The number of carbonyl (C=O) groups is 2. The molecular weight excluding hydrogens is 337 g/mol. The zero-order valence-electron chi connectivity index (χ0n) is 14.3. The van der Waals surface area contributed by atoms with Gasteiger partial charge in [0, 0.05) is 19.2 Å². The van der Waals surface area contributed by atoms with Gasteiger partial charge in [0.05, 0.1) is 17.7 Å². The van der Waals surface area contributed by atoms with Crippen molar-refractivity contribution >= 4 is 17.5 Å². The molecule has 1 aliphatic heterocycles. The molecule has 5 nitrogen and oxygen atoms in total. The standard InChI is InChI=1S/C17H21F3N2O3/c1-11(24)22(16(2,3)10-23)14-7-8-21(15(14)25)13-6-4-5-12(9-13)17(18,19)20/h4-6,9,14,23H,7-8,10H2,1-3H3. The van der Waals surface area contributed by atoms with Crippen LogP contribution >= 0.6 is 0 Å². The highest BCUT2D eigenvalue weighted by Gasteiger charge is 2.44. The van der Waals surface area contributed by atoms with Gasteiger partial charge >= 0.3 is 6.18 Å². The lowest BCUT2D eigenvalue weighted by atomic mass is 10.00. The van der Waals surface area contributed by atoms with Crippen LogP contribution in [0.4, 0.5) is 18.9 Å². The molecule has 0 bridgehead atoms. The summed E-state index contributed by atoms with van der Waals surface area (Å²) in [5.74, 6) is -0.820. The van der Waals surface area contributed by atoms with E-state index in [9.17, 15) is 27.9 Å². The van der Waals surface area contributed by atoms with Crippen molar-refractivity contribution in [1.82, 2.24) is 4.90 Å². The van der Waals surface area contributed by atoms with E-state index in [4.69, 9.17) is 0 Å². The number of amides is 2. The number of aliphatic hydroxyl groups excluding tert-OH is 1. The minimum atomic E-state index is -4.50. The summed E-state index contributed by atoms with van der Waals surface area (Å²) >= 11 is 0. The molecule has 2 amide bonds. The number of anilines is 1. The molecule has 1 N–H and O–H groups in total. The molecule has 1 saturated heterocycles. The Labute approximate surface area is 144 Å². The minimum absolute atomic E-state index is 0.146. The predicted molar refractivity (Wildman–Crippen MR) is 85.9 cm³/mol. The summed E-state index contributed by atoms with van der Waals surface area (Å²) in [5, 5.41) is 9.52. The Morgan fingerprint density at radius 1 is 1.36 bits per heavy atom. The minimum Gasteiger partial charge on any atom is -0.394 e. The quantitative estimate of drug-likeness (QED) is 0.899. The summed E-state index contributed by atoms with van der Waals surface area (Å²) in [6, 6.07) is 3.74. The number of nitrogens with zero attached hydrogens (tertiary/aromatic N) is 2. The summed E-state index contributed by atoms with van der Waals surface area (Å²) in [6.45, 7) is 4.44. The van der Waals surface area contributed by atoms with Gasteiger partial charge < -0.3 is 14.9 Å². The smallest absolute Gasteiger partial charge is 0.394 e. The first kappa shape index (κ1) is 19.2. The molecule has 0 aliphatic carbocycles. The molecule has 1 aliphatic rings. The summed E-state index contributed by atoms with van der Waals surface area (Å²) in [4.78, 5) is 27.3. The van der Waals surface area contributed by atoms with E-state index in [2.05, 4.69) is 0 Å². The van der Waals surface area contributed by atoms with Crippen molar-refractivity contribution in [2.45, 2.75) is 44.9 Å². The first-order valence-corrected chi connectivity index (χ1v) is 7.88. The van der Waals surface area contributed by atoms with Gasteiger partial charge in [0.1, 0.15) is 6.04 Å². The van der Waals surface area contributed by atoms with Crippen molar-refractivity contribution in [2.24, 2.45) is 0 Å². The van der Waals surface area contributed by atoms with Crippen LogP contribution < -0.4 is 4.90 Å². The molecule has 8 heteroatoms. The molecule has 1 unspecified atom stereocenters. The third-order valence-corrected chi connectivity index (χ3v) is 4.35. The zero-order chi connectivity index (χ0) is 19.0. The van der Waals surface area contributed by atoms with Gasteiger partial charge in [-0.2, -0.15) is 13.2 Å². The first-order chi connectivity index (χ1) is 11.5. The zero-order valence-corrected chi connectivity index (χ0v) is 14.3. The first-order valence-electron chi connectivity index (χ1n) is 7.88. The number of hydrogen-bond acceptors (Lipinski definition) is 3. The molecule has 1 aromatic rings. The average molecular weight is 358 g/mol.